The number of H-pyrrole nitrogens is 1. The minimum atomic E-state index is -0.493. The Morgan fingerprint density at radius 3 is 1.31 bits per heavy atom. The lowest BCUT2D eigenvalue weighted by atomic mass is 9.44. The predicted octanol–water partition coefficient (Wildman–Crippen LogP) is 19.4. The Morgan fingerprint density at radius 2 is 0.846 bits per heavy atom. The van der Waals surface area contributed by atoms with E-state index in [1.807, 2.05) is 27.0 Å². The highest BCUT2D eigenvalue weighted by Gasteiger charge is 2.65. The van der Waals surface area contributed by atoms with Crippen molar-refractivity contribution in [2.75, 3.05) is 5.33 Å². The molecule has 568 valence electrons. The van der Waals surface area contributed by atoms with Gasteiger partial charge in [0.2, 0.25) is 0 Å². The lowest BCUT2D eigenvalue weighted by molar-refractivity contribution is -0.151. The summed E-state index contributed by atoms with van der Waals surface area (Å²) in [7, 11) is 0. The van der Waals surface area contributed by atoms with E-state index in [0.29, 0.717) is 85.5 Å². The predicted molar refractivity (Wildman–Crippen MR) is 406 cm³/mol. The van der Waals surface area contributed by atoms with Gasteiger partial charge in [-0.05, 0) is 346 Å². The number of aromatic nitrogens is 7. The average molecular weight is 1500 g/mol. The number of carbonyl (C=O) groups excluding carboxylic acids is 3. The second-order valence-electron chi connectivity index (χ2n) is 38.6. The van der Waals surface area contributed by atoms with Crippen LogP contribution in [0.2, 0.25) is 0 Å². The fourth-order valence-corrected chi connectivity index (χ4v) is 28.0. The largest absolute Gasteiger partial charge is 0.390 e. The summed E-state index contributed by atoms with van der Waals surface area (Å²) >= 11 is 3.43. The van der Waals surface area contributed by atoms with Gasteiger partial charge in [0.25, 0.3) is 0 Å². The van der Waals surface area contributed by atoms with Gasteiger partial charge in [0.15, 0.2) is 11.6 Å². The number of carbonyl (C=O) groups is 3. The number of alkyl halides is 1. The zero-order valence-corrected chi connectivity index (χ0v) is 64.6. The van der Waals surface area contributed by atoms with Crippen molar-refractivity contribution in [3.05, 3.63) is 84.4 Å². The number of aliphatic hydroxyl groups is 3. The van der Waals surface area contributed by atoms with Gasteiger partial charge >= 0.3 is 0 Å². The van der Waals surface area contributed by atoms with Crippen LogP contribution in [-0.2, 0) is 27.5 Å². The van der Waals surface area contributed by atoms with Crippen molar-refractivity contribution >= 4 is 66.1 Å². The molecule has 13 nitrogen and oxygen atoms in total. The maximum Gasteiger partial charge on any atom is 0.157 e. The normalized spacial score (nSPS) is 42.9. The third kappa shape index (κ3) is 13.4. The highest BCUT2D eigenvalue weighted by Crippen LogP contribution is 2.72. The van der Waals surface area contributed by atoms with E-state index in [2.05, 4.69) is 83.1 Å². The quantitative estimate of drug-likeness (QED) is 0.107. The minimum Gasteiger partial charge on any atom is -0.390 e. The molecule has 0 spiro atoms. The zero-order valence-electron chi connectivity index (χ0n) is 63.0. The highest BCUT2D eigenvalue weighted by atomic mass is 79.9. The molecular weight excluding hydrogens is 1380 g/mol. The second kappa shape index (κ2) is 27.9. The van der Waals surface area contributed by atoms with E-state index in [4.69, 9.17) is 0 Å². The number of Topliss-reactive ketones (excluding diaryl/α,β-unsaturated/α-hetero) is 3. The molecule has 3 heterocycles. The van der Waals surface area contributed by atoms with Gasteiger partial charge in [-0.3, -0.25) is 23.7 Å². The summed E-state index contributed by atoms with van der Waals surface area (Å²) in [6, 6.07) is 13.5. The molecule has 12 fully saturated rings. The Bertz CT molecular complexity index is 4160. The van der Waals surface area contributed by atoms with Crippen LogP contribution in [0.15, 0.2) is 67.0 Å². The third-order valence-electron chi connectivity index (χ3n) is 33.2. The molecule has 6 aromatic rings. The van der Waals surface area contributed by atoms with Crippen molar-refractivity contribution in [3.8, 4) is 0 Å². The fraction of sp³-hybridized carbons (Fsp3) is 0.736. The van der Waals surface area contributed by atoms with E-state index in [1.165, 1.54) is 120 Å². The molecular formula is C87H121BrF3N7O6. The molecule has 18 rings (SSSR count). The van der Waals surface area contributed by atoms with Crippen LogP contribution in [0.4, 0.5) is 13.2 Å². The monoisotopic (exact) mass is 1500 g/mol. The third-order valence-corrected chi connectivity index (χ3v) is 33.7. The SMILES string of the molecule is C.C[C@@]1(O)CC[C@@]2(C)[C@H](CC[C@@H]3[C@@H]2CC[C@]2(C)[C@@H](C(=O)CBr)CC[C@@H]32)C1.C[C@@]1(O)CC[C@@]2(C)[C@H](CC[C@@H]3[C@@H]2CC[C@]2(C)[C@@H](C(=O)Cn4cc5cc(F)ccc5n4)CC[C@@H]32)C1.C[C@@]1(O)CC[C@@]2(C)[C@H](CC[C@@H]3[C@@H]2CC[C@]2(C)[C@@H](C(=O)Cn4ncc5cc(F)ccc54)CC[C@@H]32)C1.Fc1ccc2n[nH]nc2c1. The number of fused-ring (bicyclic) bond motifs is 18. The number of nitrogens with one attached hydrogen (secondary N) is 1. The number of nitrogens with zero attached hydrogens (tertiary/aromatic N) is 6. The van der Waals surface area contributed by atoms with Crippen LogP contribution in [0.3, 0.4) is 0 Å². The molecule has 17 heteroatoms. The van der Waals surface area contributed by atoms with Gasteiger partial charge in [-0.1, -0.05) is 64.9 Å². The first-order valence-electron chi connectivity index (χ1n) is 40.3. The molecule has 24 atom stereocenters. The Morgan fingerprint density at radius 1 is 0.452 bits per heavy atom. The van der Waals surface area contributed by atoms with Crippen LogP contribution in [0.1, 0.15) is 243 Å². The number of hydrogen-bond donors (Lipinski definition) is 4. The summed E-state index contributed by atoms with van der Waals surface area (Å²) in [5.74, 6) is 9.20. The Balaban J connectivity index is 0.000000124. The van der Waals surface area contributed by atoms with Gasteiger partial charge in [-0.2, -0.15) is 25.6 Å². The molecule has 12 aliphatic rings. The maximum absolute atomic E-state index is 13.6. The Kier molecular flexibility index (Phi) is 20.4. The first-order valence-corrected chi connectivity index (χ1v) is 41.4. The van der Waals surface area contributed by atoms with Gasteiger partial charge in [-0.15, -0.1) is 0 Å². The molecule has 104 heavy (non-hydrogen) atoms. The molecule has 0 radical (unpaired) electrons. The molecule has 12 saturated carbocycles. The topological polar surface area (TPSA) is 189 Å². The van der Waals surface area contributed by atoms with E-state index in [0.717, 1.165) is 147 Å². The van der Waals surface area contributed by atoms with Crippen molar-refractivity contribution in [3.63, 3.8) is 0 Å². The first kappa shape index (κ1) is 76.0. The van der Waals surface area contributed by atoms with Gasteiger partial charge < -0.3 is 15.3 Å². The molecule has 0 bridgehead atoms. The Hall–Kier alpha value is -4.84. The molecule has 3 aromatic carbocycles. The number of benzene rings is 3. The summed E-state index contributed by atoms with van der Waals surface area (Å²) in [5.41, 5.74) is 2.90. The first-order chi connectivity index (χ1) is 48.8. The number of ketones is 3. The van der Waals surface area contributed by atoms with Gasteiger partial charge in [0.05, 0.1) is 45.9 Å². The van der Waals surface area contributed by atoms with Crippen molar-refractivity contribution in [2.24, 2.45) is 121 Å². The maximum atomic E-state index is 13.6. The minimum absolute atomic E-state index is 0. The van der Waals surface area contributed by atoms with E-state index in [9.17, 15) is 42.9 Å². The number of rotatable bonds is 8. The average Bonchev–Trinajstić information content (AvgIpc) is 1.36. The van der Waals surface area contributed by atoms with E-state index >= 15 is 0 Å². The zero-order chi connectivity index (χ0) is 72.8. The summed E-state index contributed by atoms with van der Waals surface area (Å²) in [6.07, 6.45) is 34.2. The van der Waals surface area contributed by atoms with Gasteiger partial charge in [-0.25, -0.2) is 13.2 Å². The summed E-state index contributed by atoms with van der Waals surface area (Å²) in [4.78, 5) is 39.7. The van der Waals surface area contributed by atoms with E-state index < -0.39 is 16.8 Å². The van der Waals surface area contributed by atoms with Crippen LogP contribution >= 0.6 is 15.9 Å². The van der Waals surface area contributed by atoms with E-state index in [1.54, 1.807) is 33.8 Å². The molecule has 0 amide bonds. The van der Waals surface area contributed by atoms with Crippen LogP contribution in [0.5, 0.6) is 0 Å². The van der Waals surface area contributed by atoms with E-state index in [-0.39, 0.29) is 72.0 Å². The van der Waals surface area contributed by atoms with Crippen molar-refractivity contribution in [1.82, 2.24) is 35.0 Å². The highest BCUT2D eigenvalue weighted by molar-refractivity contribution is 9.09. The van der Waals surface area contributed by atoms with Gasteiger partial charge in [0.1, 0.15) is 40.8 Å². The molecule has 3 aromatic heterocycles. The van der Waals surface area contributed by atoms with Crippen molar-refractivity contribution < 1.29 is 42.9 Å². The standard InChI is InChI=1S/2C29H39FN2O2.C22H35BrO2.C6H4FN3.CH4/c1-27(34)12-13-28(2)19(15-27)4-6-21-22-7-8-24(29(22,3)11-10-23(21)28)26(33)17-32-16-18-14-20(30)5-9-25(18)31-32;1-27(34)12-13-28(2)19(15-27)4-6-21-22-7-8-24(29(22,3)11-10-23(21)28)26(33)17-32-25-9-5-20(30)14-18(25)16-31-32;1-20(25)10-11-21(2)14(12-20)4-5-15-16-6-7-18(19(24)13-23)22(16,3)9-8-17(15)21;7-4-1-2-5-6(3-4)9-10-8-5;/h2*5,9,14,16,19,21-24,34H,4,6-8,10-13,15,17H2,1-3H3;14-18,25H,4-13H2,1-3H3;1-3H,(H,8,9,10);1H4/t2*19-,21+,22+,23+,24-,27-,28+,29+;14-,15+,16+,17+,18-,20-,21+,22+;;/m111../s1. The summed E-state index contributed by atoms with van der Waals surface area (Å²) in [5, 5.41) is 52.9. The smallest absolute Gasteiger partial charge is 0.157 e. The Labute approximate surface area is 624 Å². The summed E-state index contributed by atoms with van der Waals surface area (Å²) < 4.78 is 43.1. The van der Waals surface area contributed by atoms with Crippen LogP contribution in [-0.4, -0.2) is 89.8 Å². The van der Waals surface area contributed by atoms with Crippen LogP contribution in [0.25, 0.3) is 32.8 Å². The lowest BCUT2D eigenvalue weighted by Gasteiger charge is -2.61. The van der Waals surface area contributed by atoms with Gasteiger partial charge in [0, 0.05) is 40.8 Å². The number of hydrogen-bond acceptors (Lipinski definition) is 10. The second-order valence-corrected chi connectivity index (χ2v) is 39.2. The molecule has 0 aliphatic heterocycles. The molecule has 4 N–H and O–H groups in total. The molecule has 0 saturated heterocycles. The van der Waals surface area contributed by atoms with Crippen molar-refractivity contribution in [1.29, 1.82) is 0 Å². The summed E-state index contributed by atoms with van der Waals surface area (Å²) in [6.45, 7) is 21.5. The molecule has 12 aliphatic carbocycles. The van der Waals surface area contributed by atoms with Crippen LogP contribution < -0.4 is 0 Å². The lowest BCUT2D eigenvalue weighted by Crippen LogP contribution is -2.55. The van der Waals surface area contributed by atoms with Crippen LogP contribution in [0, 0.1) is 139 Å². The molecule has 0 unspecified atom stereocenters. The van der Waals surface area contributed by atoms with Crippen molar-refractivity contribution in [2.45, 2.75) is 273 Å². The fourth-order valence-electron chi connectivity index (χ4n) is 27.6. The number of halogens is 4. The number of aromatic amines is 1.